The van der Waals surface area contributed by atoms with E-state index < -0.39 is 90.1 Å². The molecular weight excluding hydrogens is 736 g/mol. The first-order valence-electron chi connectivity index (χ1n) is 17.6. The van der Waals surface area contributed by atoms with Gasteiger partial charge in [-0.3, -0.25) is 19.2 Å². The van der Waals surface area contributed by atoms with Crippen molar-refractivity contribution in [3.63, 3.8) is 0 Å². The molecule has 2 saturated heterocycles. The normalized spacial score (nSPS) is 26.0. The van der Waals surface area contributed by atoms with E-state index in [1.54, 1.807) is 30.3 Å². The van der Waals surface area contributed by atoms with Crippen LogP contribution in [0.25, 0.3) is 0 Å². The van der Waals surface area contributed by atoms with Crippen LogP contribution in [-0.2, 0) is 75.0 Å². The molecule has 294 valence electrons. The van der Waals surface area contributed by atoms with E-state index in [-0.39, 0.29) is 25.4 Å². The number of ether oxygens (including phenoxy) is 9. The van der Waals surface area contributed by atoms with Gasteiger partial charge in [0.1, 0.15) is 35.8 Å². The monoisotopic (exact) mass is 780 g/mol. The van der Waals surface area contributed by atoms with Crippen molar-refractivity contribution < 1.29 is 66.6 Å². The Bertz CT molecular complexity index is 1730. The molecule has 0 saturated carbocycles. The molecule has 5 rings (SSSR count). The van der Waals surface area contributed by atoms with Crippen molar-refractivity contribution >= 4 is 41.6 Å². The van der Waals surface area contributed by atoms with Crippen LogP contribution >= 0.6 is 11.8 Å². The zero-order valence-electron chi connectivity index (χ0n) is 30.8. The molecule has 14 nitrogen and oxygen atoms in total. The van der Waals surface area contributed by atoms with Gasteiger partial charge in [0, 0.05) is 27.7 Å². The van der Waals surface area contributed by atoms with Crippen LogP contribution in [0.1, 0.15) is 49.2 Å². The highest BCUT2D eigenvalue weighted by Crippen LogP contribution is 2.42. The standard InChI is InChI=1S/C40H44O14S/c1-24(41)47-23-32-34(49-25(2)42)35(50-26(3)43)37(51-27(4)44)40(53-32)55-39-36(54-38(45)30-18-12-7-13-19-30)33(48-21-29-16-10-6-11-17-29)31(52-39)22-46-20-28-14-8-5-9-15-28/h5-19,31-37,39-40H,20-23H2,1-4H3/t31-,32-,33-,34-,35+,36-,37-,39+,40+/m1/s1. The Hall–Kier alpha value is -4.80. The summed E-state index contributed by atoms with van der Waals surface area (Å²) in [5.41, 5.74) is -0.209. The molecule has 3 aromatic rings. The number of carbonyl (C=O) groups is 5. The van der Waals surface area contributed by atoms with Crippen molar-refractivity contribution in [2.45, 2.75) is 94.5 Å². The summed E-state index contributed by atoms with van der Waals surface area (Å²) in [7, 11) is 0. The van der Waals surface area contributed by atoms with Gasteiger partial charge in [0.25, 0.3) is 0 Å². The summed E-state index contributed by atoms with van der Waals surface area (Å²) in [4.78, 5) is 62.8. The van der Waals surface area contributed by atoms with E-state index in [0.29, 0.717) is 0 Å². The van der Waals surface area contributed by atoms with E-state index in [1.165, 1.54) is 6.92 Å². The summed E-state index contributed by atoms with van der Waals surface area (Å²) < 4.78 is 53.8. The lowest BCUT2D eigenvalue weighted by Crippen LogP contribution is -2.62. The summed E-state index contributed by atoms with van der Waals surface area (Å²) in [5.74, 6) is -3.58. The van der Waals surface area contributed by atoms with Gasteiger partial charge in [0.2, 0.25) is 0 Å². The molecule has 3 aromatic carbocycles. The third-order valence-electron chi connectivity index (χ3n) is 8.42. The Labute approximate surface area is 323 Å². The highest BCUT2D eigenvalue weighted by atomic mass is 32.2. The molecule has 55 heavy (non-hydrogen) atoms. The molecule has 2 aliphatic rings. The topological polar surface area (TPSA) is 168 Å². The average Bonchev–Trinajstić information content (AvgIpc) is 3.47. The molecule has 15 heteroatoms. The van der Waals surface area contributed by atoms with Gasteiger partial charge < -0.3 is 42.6 Å². The van der Waals surface area contributed by atoms with Gasteiger partial charge in [-0.25, -0.2) is 4.79 Å². The predicted molar refractivity (Wildman–Crippen MR) is 195 cm³/mol. The van der Waals surface area contributed by atoms with E-state index in [0.717, 1.165) is 43.7 Å². The fraction of sp³-hybridized carbons (Fsp3) is 0.425. The van der Waals surface area contributed by atoms with Crippen LogP contribution in [0.3, 0.4) is 0 Å². The molecule has 0 aliphatic carbocycles. The Balaban J connectivity index is 1.50. The Kier molecular flexibility index (Phi) is 15.2. The highest BCUT2D eigenvalue weighted by Gasteiger charge is 2.56. The van der Waals surface area contributed by atoms with E-state index >= 15 is 0 Å². The van der Waals surface area contributed by atoms with Crippen molar-refractivity contribution in [3.8, 4) is 0 Å². The zero-order chi connectivity index (χ0) is 39.3. The second-order valence-corrected chi connectivity index (χ2v) is 13.9. The van der Waals surface area contributed by atoms with Crippen LogP contribution in [0.5, 0.6) is 0 Å². The third kappa shape index (κ3) is 12.1. The maximum Gasteiger partial charge on any atom is 0.338 e. The molecule has 2 fully saturated rings. The van der Waals surface area contributed by atoms with Crippen molar-refractivity contribution in [2.75, 3.05) is 13.2 Å². The van der Waals surface area contributed by atoms with Gasteiger partial charge in [-0.2, -0.15) is 0 Å². The quantitative estimate of drug-likeness (QED) is 0.147. The molecule has 0 aromatic heterocycles. The van der Waals surface area contributed by atoms with Crippen LogP contribution in [0.15, 0.2) is 91.0 Å². The lowest BCUT2D eigenvalue weighted by Gasteiger charge is -2.44. The molecule has 0 amide bonds. The lowest BCUT2D eigenvalue weighted by atomic mass is 9.99. The van der Waals surface area contributed by atoms with E-state index in [4.69, 9.17) is 42.6 Å². The maximum atomic E-state index is 13.7. The summed E-state index contributed by atoms with van der Waals surface area (Å²) in [5, 5.41) is 0. The van der Waals surface area contributed by atoms with E-state index in [1.807, 2.05) is 60.7 Å². The first kappa shape index (κ1) is 41.4. The number of hydrogen-bond donors (Lipinski definition) is 0. The summed E-state index contributed by atoms with van der Waals surface area (Å²) in [6.07, 6.45) is -8.09. The van der Waals surface area contributed by atoms with Crippen LogP contribution < -0.4 is 0 Å². The predicted octanol–water partition coefficient (Wildman–Crippen LogP) is 4.56. The number of rotatable bonds is 16. The van der Waals surface area contributed by atoms with Crippen molar-refractivity contribution in [2.24, 2.45) is 0 Å². The SMILES string of the molecule is CC(=O)OC[C@H]1O[C@@H](S[C@@H]2O[C@H](COCc3ccccc3)[C@@H](OCc3ccccc3)[C@H]2OC(=O)c2ccccc2)[C@H](OC(C)=O)[C@@H](OC(C)=O)[C@@H]1OC(C)=O. The number of benzene rings is 3. The van der Waals surface area contributed by atoms with Gasteiger partial charge >= 0.3 is 29.8 Å². The fourth-order valence-corrected chi connectivity index (χ4v) is 7.50. The van der Waals surface area contributed by atoms with Gasteiger partial charge in [0.15, 0.2) is 24.4 Å². The number of hydrogen-bond acceptors (Lipinski definition) is 15. The van der Waals surface area contributed by atoms with Crippen molar-refractivity contribution in [3.05, 3.63) is 108 Å². The van der Waals surface area contributed by atoms with Crippen LogP contribution in [0.4, 0.5) is 0 Å². The van der Waals surface area contributed by atoms with Crippen LogP contribution in [-0.4, -0.2) is 96.7 Å². The molecule has 0 bridgehead atoms. The second kappa shape index (κ2) is 20.2. The molecule has 0 unspecified atom stereocenters. The lowest BCUT2D eigenvalue weighted by molar-refractivity contribution is -0.237. The second-order valence-electron chi connectivity index (χ2n) is 12.7. The van der Waals surface area contributed by atoms with Gasteiger partial charge in [-0.1, -0.05) is 90.6 Å². The molecule has 9 atom stereocenters. The van der Waals surface area contributed by atoms with Gasteiger partial charge in [-0.05, 0) is 23.3 Å². The van der Waals surface area contributed by atoms with E-state index in [9.17, 15) is 24.0 Å². The summed E-state index contributed by atoms with van der Waals surface area (Å²) in [6.45, 7) is 4.65. The Morgan fingerprint density at radius 2 is 1.00 bits per heavy atom. The maximum absolute atomic E-state index is 13.7. The fourth-order valence-electron chi connectivity index (χ4n) is 6.09. The first-order valence-corrected chi connectivity index (χ1v) is 18.6. The zero-order valence-corrected chi connectivity index (χ0v) is 31.6. The minimum absolute atomic E-state index is 0.0311. The number of thioether (sulfide) groups is 1. The summed E-state index contributed by atoms with van der Waals surface area (Å²) in [6, 6.07) is 27.4. The first-order chi connectivity index (χ1) is 26.5. The molecule has 0 spiro atoms. The summed E-state index contributed by atoms with van der Waals surface area (Å²) >= 11 is 0.966. The number of carbonyl (C=O) groups excluding carboxylic acids is 5. The minimum atomic E-state index is -1.40. The number of esters is 5. The van der Waals surface area contributed by atoms with Crippen LogP contribution in [0.2, 0.25) is 0 Å². The van der Waals surface area contributed by atoms with Crippen molar-refractivity contribution in [1.82, 2.24) is 0 Å². The molecule has 2 heterocycles. The molecule has 0 N–H and O–H groups in total. The average molecular weight is 781 g/mol. The highest BCUT2D eigenvalue weighted by molar-refractivity contribution is 8.00. The van der Waals surface area contributed by atoms with E-state index in [2.05, 4.69) is 0 Å². The largest absolute Gasteiger partial charge is 0.463 e. The minimum Gasteiger partial charge on any atom is -0.463 e. The molecule has 2 aliphatic heterocycles. The van der Waals surface area contributed by atoms with Gasteiger partial charge in [0.05, 0.1) is 25.4 Å². The van der Waals surface area contributed by atoms with Gasteiger partial charge in [-0.15, -0.1) is 0 Å². The van der Waals surface area contributed by atoms with Crippen molar-refractivity contribution in [1.29, 1.82) is 0 Å². The smallest absolute Gasteiger partial charge is 0.338 e. The molecular formula is C40H44O14S. The van der Waals surface area contributed by atoms with Crippen LogP contribution in [0, 0.1) is 0 Å². The molecule has 0 radical (unpaired) electrons. The third-order valence-corrected chi connectivity index (χ3v) is 9.71. The Morgan fingerprint density at radius 3 is 1.55 bits per heavy atom. The Morgan fingerprint density at radius 1 is 0.527 bits per heavy atom.